The lowest BCUT2D eigenvalue weighted by molar-refractivity contribution is -0.384. The van der Waals surface area contributed by atoms with E-state index in [1.54, 1.807) is 12.1 Å². The molecule has 0 saturated carbocycles. The first kappa shape index (κ1) is 21.9. The van der Waals surface area contributed by atoms with Gasteiger partial charge in [0.15, 0.2) is 0 Å². The van der Waals surface area contributed by atoms with Crippen LogP contribution in [0.3, 0.4) is 0 Å². The second-order valence-corrected chi connectivity index (χ2v) is 10.4. The highest BCUT2D eigenvalue weighted by Gasteiger charge is 2.41. The molecule has 30 heavy (non-hydrogen) atoms. The molecule has 0 aromatic heterocycles. The van der Waals surface area contributed by atoms with Crippen molar-refractivity contribution in [3.05, 3.63) is 57.1 Å². The average molecular weight is 414 g/mol. The van der Waals surface area contributed by atoms with Crippen LogP contribution in [0.15, 0.2) is 30.3 Å². The molecule has 0 aliphatic carbocycles. The van der Waals surface area contributed by atoms with Crippen molar-refractivity contribution in [1.82, 2.24) is 0 Å². The van der Waals surface area contributed by atoms with E-state index in [0.717, 1.165) is 22.4 Å². The Morgan fingerprint density at radius 2 is 1.73 bits per heavy atom. The lowest BCUT2D eigenvalue weighted by atomic mass is 9.76. The highest BCUT2D eigenvalue weighted by Crippen LogP contribution is 2.49. The molecule has 0 fully saturated rings. The van der Waals surface area contributed by atoms with Gasteiger partial charge in [-0.2, -0.15) is 0 Å². The van der Waals surface area contributed by atoms with E-state index in [4.69, 9.17) is 9.47 Å². The molecule has 1 aliphatic rings. The largest absolute Gasteiger partial charge is 0.507 e. The molecule has 1 aliphatic heterocycles. The maximum atomic E-state index is 11.1. The number of fused-ring (bicyclic) bond motifs is 1. The molecule has 162 valence electrons. The number of aromatic hydroxyl groups is 1. The summed E-state index contributed by atoms with van der Waals surface area (Å²) in [5.41, 5.74) is 1.75. The average Bonchev–Trinajstić information content (AvgIpc) is 2.93. The molecule has 2 aromatic rings. The van der Waals surface area contributed by atoms with Crippen LogP contribution in [0.2, 0.25) is 0 Å². The van der Waals surface area contributed by atoms with Crippen LogP contribution in [-0.4, -0.2) is 22.2 Å². The van der Waals surface area contributed by atoms with E-state index >= 15 is 0 Å². The Hall–Kier alpha value is -2.76. The smallest absolute Gasteiger partial charge is 0.269 e. The lowest BCUT2D eigenvalue weighted by Crippen LogP contribution is -2.37. The SMILES string of the molecule is CC1(COc2ccc([N+](=O)[O-])cc2)Cc2c(cc(C(C)(C)C)c(O)c2C(C)(C)C)O1. The van der Waals surface area contributed by atoms with E-state index in [2.05, 4.69) is 41.5 Å². The first-order valence-corrected chi connectivity index (χ1v) is 10.2. The van der Waals surface area contributed by atoms with Crippen molar-refractivity contribution >= 4 is 5.69 Å². The molecule has 3 rings (SSSR count). The number of hydrogen-bond acceptors (Lipinski definition) is 5. The minimum absolute atomic E-state index is 0.0260. The number of hydrogen-bond donors (Lipinski definition) is 1. The van der Waals surface area contributed by atoms with Crippen LogP contribution in [0, 0.1) is 10.1 Å². The fraction of sp³-hybridized carbons (Fsp3) is 0.500. The van der Waals surface area contributed by atoms with Gasteiger partial charge in [-0.15, -0.1) is 0 Å². The van der Waals surface area contributed by atoms with Gasteiger partial charge in [0.1, 0.15) is 29.5 Å². The predicted molar refractivity (Wildman–Crippen MR) is 117 cm³/mol. The molecule has 0 radical (unpaired) electrons. The van der Waals surface area contributed by atoms with Crippen molar-refractivity contribution in [3.8, 4) is 17.2 Å². The highest BCUT2D eigenvalue weighted by atomic mass is 16.6. The van der Waals surface area contributed by atoms with Gasteiger partial charge in [0.05, 0.1) is 4.92 Å². The monoisotopic (exact) mass is 413 g/mol. The Kier molecular flexibility index (Phi) is 5.25. The van der Waals surface area contributed by atoms with Crippen LogP contribution in [0.25, 0.3) is 0 Å². The molecule has 1 atom stereocenters. The summed E-state index contributed by atoms with van der Waals surface area (Å²) in [7, 11) is 0. The molecule has 6 nitrogen and oxygen atoms in total. The number of nitrogens with zero attached hydrogens (tertiary/aromatic N) is 1. The third-order valence-electron chi connectivity index (χ3n) is 5.42. The summed E-state index contributed by atoms with van der Waals surface area (Å²) >= 11 is 0. The van der Waals surface area contributed by atoms with E-state index in [0.29, 0.717) is 17.9 Å². The molecule has 0 amide bonds. The van der Waals surface area contributed by atoms with Gasteiger partial charge in [-0.1, -0.05) is 41.5 Å². The zero-order chi connectivity index (χ0) is 22.5. The third-order valence-corrected chi connectivity index (χ3v) is 5.42. The van der Waals surface area contributed by atoms with Crippen molar-refractivity contribution < 1.29 is 19.5 Å². The molecule has 1 heterocycles. The number of nitro benzene ring substituents is 1. The summed E-state index contributed by atoms with van der Waals surface area (Å²) in [6, 6.07) is 7.99. The van der Waals surface area contributed by atoms with Gasteiger partial charge < -0.3 is 14.6 Å². The molecular weight excluding hydrogens is 382 g/mol. The van der Waals surface area contributed by atoms with Crippen molar-refractivity contribution in [2.24, 2.45) is 0 Å². The second kappa shape index (κ2) is 7.18. The highest BCUT2D eigenvalue weighted by molar-refractivity contribution is 5.59. The maximum absolute atomic E-state index is 11.1. The summed E-state index contributed by atoms with van der Waals surface area (Å²) in [6.45, 7) is 14.8. The number of nitro groups is 1. The van der Waals surface area contributed by atoms with Crippen LogP contribution in [0.5, 0.6) is 17.2 Å². The van der Waals surface area contributed by atoms with E-state index in [9.17, 15) is 15.2 Å². The van der Waals surface area contributed by atoms with Crippen molar-refractivity contribution in [2.75, 3.05) is 6.61 Å². The van der Waals surface area contributed by atoms with Gasteiger partial charge in [-0.3, -0.25) is 10.1 Å². The minimum atomic E-state index is -0.604. The van der Waals surface area contributed by atoms with Crippen LogP contribution >= 0.6 is 0 Å². The Bertz CT molecular complexity index is 967. The Balaban J connectivity index is 1.90. The minimum Gasteiger partial charge on any atom is -0.507 e. The Morgan fingerprint density at radius 1 is 1.13 bits per heavy atom. The molecule has 0 spiro atoms. The van der Waals surface area contributed by atoms with E-state index in [1.807, 2.05) is 13.0 Å². The van der Waals surface area contributed by atoms with Gasteiger partial charge in [0, 0.05) is 35.2 Å². The molecular formula is C24H31NO5. The fourth-order valence-electron chi connectivity index (χ4n) is 3.99. The molecule has 0 saturated heterocycles. The van der Waals surface area contributed by atoms with E-state index in [-0.39, 0.29) is 23.1 Å². The molecule has 1 N–H and O–H groups in total. The fourth-order valence-corrected chi connectivity index (χ4v) is 3.99. The number of non-ortho nitro benzene ring substituents is 1. The number of ether oxygens (including phenoxy) is 2. The van der Waals surface area contributed by atoms with Gasteiger partial charge in [-0.05, 0) is 36.0 Å². The third kappa shape index (κ3) is 4.23. The standard InChI is InChI=1S/C24H31NO5/c1-22(2,3)18-12-19-17(20(21(18)26)23(4,5)6)13-24(7,30-19)14-29-16-10-8-15(9-11-16)25(27)28/h8-12,26H,13-14H2,1-7H3. The van der Waals surface area contributed by atoms with Crippen LogP contribution in [-0.2, 0) is 17.3 Å². The van der Waals surface area contributed by atoms with Crippen molar-refractivity contribution in [3.63, 3.8) is 0 Å². The first-order chi connectivity index (χ1) is 13.7. The van der Waals surface area contributed by atoms with Crippen molar-refractivity contribution in [1.29, 1.82) is 0 Å². The lowest BCUT2D eigenvalue weighted by Gasteiger charge is -2.29. The van der Waals surface area contributed by atoms with Gasteiger partial charge >= 0.3 is 0 Å². The number of rotatable bonds is 4. The number of phenols is 1. The maximum Gasteiger partial charge on any atom is 0.269 e. The summed E-state index contributed by atoms with van der Waals surface area (Å²) in [4.78, 5) is 10.4. The zero-order valence-corrected chi connectivity index (χ0v) is 18.8. The molecule has 1 unspecified atom stereocenters. The zero-order valence-electron chi connectivity index (χ0n) is 18.8. The molecule has 6 heteroatoms. The second-order valence-electron chi connectivity index (χ2n) is 10.4. The van der Waals surface area contributed by atoms with Gasteiger partial charge in [0.2, 0.25) is 0 Å². The van der Waals surface area contributed by atoms with Gasteiger partial charge in [-0.25, -0.2) is 0 Å². The van der Waals surface area contributed by atoms with Crippen molar-refractivity contribution in [2.45, 2.75) is 71.3 Å². The first-order valence-electron chi connectivity index (χ1n) is 10.2. The topological polar surface area (TPSA) is 81.8 Å². The molecule has 2 aromatic carbocycles. The summed E-state index contributed by atoms with van der Waals surface area (Å²) in [5, 5.41) is 22.0. The summed E-state index contributed by atoms with van der Waals surface area (Å²) < 4.78 is 12.3. The normalized spacial score (nSPS) is 18.6. The van der Waals surface area contributed by atoms with Crippen LogP contribution in [0.4, 0.5) is 5.69 Å². The molecule has 0 bridgehead atoms. The summed E-state index contributed by atoms with van der Waals surface area (Å²) in [6.07, 6.45) is 0.611. The summed E-state index contributed by atoms with van der Waals surface area (Å²) in [5.74, 6) is 1.69. The van der Waals surface area contributed by atoms with E-state index < -0.39 is 10.5 Å². The number of benzene rings is 2. The van der Waals surface area contributed by atoms with E-state index in [1.165, 1.54) is 12.1 Å². The quantitative estimate of drug-likeness (QED) is 0.516. The number of phenolic OH excluding ortho intramolecular Hbond substituents is 1. The van der Waals surface area contributed by atoms with Gasteiger partial charge in [0.25, 0.3) is 5.69 Å². The van der Waals surface area contributed by atoms with Crippen LogP contribution in [0.1, 0.15) is 65.2 Å². The van der Waals surface area contributed by atoms with Crippen LogP contribution < -0.4 is 9.47 Å². The predicted octanol–water partition coefficient (Wildman–Crippen LogP) is 5.67. The Labute approximate surface area is 178 Å². The Morgan fingerprint density at radius 3 is 2.23 bits per heavy atom.